The summed E-state index contributed by atoms with van der Waals surface area (Å²) in [6.45, 7) is 1.40. The average molecular weight is 322 g/mol. The van der Waals surface area contributed by atoms with Gasteiger partial charge in [0.2, 0.25) is 5.76 Å². The quantitative estimate of drug-likeness (QED) is 0.804. The number of rotatable bonds is 3. The Balaban J connectivity index is 1.43. The molecular formula is C18H18N4O2. The highest BCUT2D eigenvalue weighted by Gasteiger charge is 2.27. The predicted octanol–water partition coefficient (Wildman–Crippen LogP) is 3.08. The SMILES string of the molecule is O=C(c1cc(-c2ccccc2)no1)N1CCC(c2ncc[nH]2)CC1. The normalized spacial score (nSPS) is 15.6. The Morgan fingerprint density at radius 1 is 1.21 bits per heavy atom. The van der Waals surface area contributed by atoms with E-state index in [1.54, 1.807) is 12.3 Å². The van der Waals surface area contributed by atoms with Gasteiger partial charge in [-0.2, -0.15) is 0 Å². The molecule has 0 saturated carbocycles. The number of carbonyl (C=O) groups excluding carboxylic acids is 1. The van der Waals surface area contributed by atoms with Crippen molar-refractivity contribution in [3.63, 3.8) is 0 Å². The molecule has 0 spiro atoms. The van der Waals surface area contributed by atoms with Crippen LogP contribution in [0.4, 0.5) is 0 Å². The zero-order valence-electron chi connectivity index (χ0n) is 13.2. The molecule has 4 rings (SSSR count). The van der Waals surface area contributed by atoms with Gasteiger partial charge in [-0.15, -0.1) is 0 Å². The lowest BCUT2D eigenvalue weighted by Crippen LogP contribution is -2.37. The Morgan fingerprint density at radius 2 is 2.00 bits per heavy atom. The number of benzene rings is 1. The number of nitrogens with one attached hydrogen (secondary N) is 1. The van der Waals surface area contributed by atoms with Crippen LogP contribution >= 0.6 is 0 Å². The van der Waals surface area contributed by atoms with E-state index < -0.39 is 0 Å². The average Bonchev–Trinajstić information content (AvgIpc) is 3.34. The number of H-pyrrole nitrogens is 1. The van der Waals surface area contributed by atoms with Gasteiger partial charge in [0, 0.05) is 43.0 Å². The molecule has 1 aromatic carbocycles. The zero-order chi connectivity index (χ0) is 16.4. The summed E-state index contributed by atoms with van der Waals surface area (Å²) in [6, 6.07) is 11.4. The lowest BCUT2D eigenvalue weighted by molar-refractivity contribution is 0.0669. The topological polar surface area (TPSA) is 75.0 Å². The molecule has 6 nitrogen and oxygen atoms in total. The van der Waals surface area contributed by atoms with Gasteiger partial charge < -0.3 is 14.4 Å². The maximum Gasteiger partial charge on any atom is 0.292 e. The first-order valence-corrected chi connectivity index (χ1v) is 8.12. The van der Waals surface area contributed by atoms with Gasteiger partial charge in [-0.05, 0) is 12.8 Å². The molecule has 1 saturated heterocycles. The molecule has 6 heteroatoms. The molecule has 1 fully saturated rings. The van der Waals surface area contributed by atoms with Crippen molar-refractivity contribution in [3.05, 3.63) is 60.4 Å². The number of carbonyl (C=O) groups is 1. The molecule has 1 aliphatic heterocycles. The highest BCUT2D eigenvalue weighted by Crippen LogP contribution is 2.27. The first-order valence-electron chi connectivity index (χ1n) is 8.12. The van der Waals surface area contributed by atoms with Crippen molar-refractivity contribution in [3.8, 4) is 11.3 Å². The van der Waals surface area contributed by atoms with Crippen LogP contribution < -0.4 is 0 Å². The molecule has 1 aliphatic rings. The van der Waals surface area contributed by atoms with E-state index in [1.807, 2.05) is 41.4 Å². The number of hydrogen-bond acceptors (Lipinski definition) is 4. The summed E-state index contributed by atoms with van der Waals surface area (Å²) in [5.74, 6) is 1.60. The molecule has 0 atom stereocenters. The molecule has 0 unspecified atom stereocenters. The second-order valence-corrected chi connectivity index (χ2v) is 5.98. The number of piperidine rings is 1. The molecule has 0 radical (unpaired) electrons. The molecule has 0 aliphatic carbocycles. The number of imidazole rings is 1. The smallest absolute Gasteiger partial charge is 0.292 e. The lowest BCUT2D eigenvalue weighted by Gasteiger charge is -2.30. The van der Waals surface area contributed by atoms with Crippen LogP contribution in [0.25, 0.3) is 11.3 Å². The first-order chi connectivity index (χ1) is 11.8. The maximum atomic E-state index is 12.6. The third-order valence-corrected chi connectivity index (χ3v) is 4.48. The van der Waals surface area contributed by atoms with Crippen LogP contribution in [0.5, 0.6) is 0 Å². The Labute approximate surface area is 139 Å². The van der Waals surface area contributed by atoms with Gasteiger partial charge in [0.15, 0.2) is 0 Å². The van der Waals surface area contributed by atoms with Crippen molar-refractivity contribution < 1.29 is 9.32 Å². The van der Waals surface area contributed by atoms with Crippen molar-refractivity contribution in [1.29, 1.82) is 0 Å². The van der Waals surface area contributed by atoms with Crippen LogP contribution in [0, 0.1) is 0 Å². The molecule has 0 bridgehead atoms. The van der Waals surface area contributed by atoms with Gasteiger partial charge in [0.05, 0.1) is 0 Å². The van der Waals surface area contributed by atoms with Crippen molar-refractivity contribution in [1.82, 2.24) is 20.0 Å². The van der Waals surface area contributed by atoms with Crippen molar-refractivity contribution in [2.24, 2.45) is 0 Å². The second kappa shape index (κ2) is 6.31. The van der Waals surface area contributed by atoms with Crippen molar-refractivity contribution >= 4 is 5.91 Å². The predicted molar refractivity (Wildman–Crippen MR) is 88.4 cm³/mol. The van der Waals surface area contributed by atoms with Gasteiger partial charge in [0.25, 0.3) is 5.91 Å². The standard InChI is InChI=1S/C18H18N4O2/c23-18(16-12-15(21-24-16)13-4-2-1-3-5-13)22-10-6-14(7-11-22)17-19-8-9-20-17/h1-5,8-9,12,14H,6-7,10-11H2,(H,19,20). The fourth-order valence-electron chi connectivity index (χ4n) is 3.13. The largest absolute Gasteiger partial charge is 0.350 e. The highest BCUT2D eigenvalue weighted by molar-refractivity contribution is 5.92. The minimum Gasteiger partial charge on any atom is -0.350 e. The molecule has 3 heterocycles. The minimum absolute atomic E-state index is 0.0948. The van der Waals surface area contributed by atoms with Crippen LogP contribution in [0.3, 0.4) is 0 Å². The number of hydrogen-bond donors (Lipinski definition) is 1. The molecule has 24 heavy (non-hydrogen) atoms. The van der Waals surface area contributed by atoms with E-state index in [2.05, 4.69) is 15.1 Å². The summed E-state index contributed by atoms with van der Waals surface area (Å²) in [5, 5.41) is 4.02. The van der Waals surface area contributed by atoms with E-state index in [-0.39, 0.29) is 5.91 Å². The molecule has 122 valence electrons. The van der Waals surface area contributed by atoms with Gasteiger partial charge in [-0.25, -0.2) is 4.98 Å². The monoisotopic (exact) mass is 322 g/mol. The first kappa shape index (κ1) is 14.7. The number of likely N-dealkylation sites (tertiary alicyclic amines) is 1. The van der Waals surface area contributed by atoms with E-state index >= 15 is 0 Å². The third-order valence-electron chi connectivity index (χ3n) is 4.48. The van der Waals surface area contributed by atoms with Crippen LogP contribution in [-0.2, 0) is 0 Å². The fourth-order valence-corrected chi connectivity index (χ4v) is 3.13. The van der Waals surface area contributed by atoms with Crippen LogP contribution in [0.2, 0.25) is 0 Å². The summed E-state index contributed by atoms with van der Waals surface area (Å²) in [6.07, 6.45) is 5.41. The lowest BCUT2D eigenvalue weighted by atomic mass is 9.96. The number of aromatic amines is 1. The van der Waals surface area contributed by atoms with E-state index in [9.17, 15) is 4.79 Å². The zero-order valence-corrected chi connectivity index (χ0v) is 13.2. The van der Waals surface area contributed by atoms with Crippen molar-refractivity contribution in [2.75, 3.05) is 13.1 Å². The van der Waals surface area contributed by atoms with Gasteiger partial charge in [0.1, 0.15) is 11.5 Å². The fraction of sp³-hybridized carbons (Fsp3) is 0.278. The number of amides is 1. The van der Waals surface area contributed by atoms with Gasteiger partial charge in [-0.3, -0.25) is 4.79 Å². The number of aromatic nitrogens is 3. The maximum absolute atomic E-state index is 12.6. The van der Waals surface area contributed by atoms with E-state index in [4.69, 9.17) is 4.52 Å². The second-order valence-electron chi connectivity index (χ2n) is 5.98. The molecule has 1 N–H and O–H groups in total. The molecule has 3 aromatic rings. The van der Waals surface area contributed by atoms with Crippen LogP contribution in [0.15, 0.2) is 53.3 Å². The molecule has 2 aromatic heterocycles. The summed E-state index contributed by atoms with van der Waals surface area (Å²) in [7, 11) is 0. The Kier molecular flexibility index (Phi) is 3.86. The Morgan fingerprint density at radius 3 is 2.71 bits per heavy atom. The molecular weight excluding hydrogens is 304 g/mol. The van der Waals surface area contributed by atoms with E-state index in [1.165, 1.54) is 0 Å². The molecule has 1 amide bonds. The highest BCUT2D eigenvalue weighted by atomic mass is 16.5. The van der Waals surface area contributed by atoms with E-state index in [0.29, 0.717) is 30.5 Å². The minimum atomic E-state index is -0.0948. The van der Waals surface area contributed by atoms with Gasteiger partial charge in [-0.1, -0.05) is 35.5 Å². The Hall–Kier alpha value is -2.89. The van der Waals surface area contributed by atoms with Crippen molar-refractivity contribution in [2.45, 2.75) is 18.8 Å². The van der Waals surface area contributed by atoms with Crippen LogP contribution in [0.1, 0.15) is 35.1 Å². The van der Waals surface area contributed by atoms with Crippen LogP contribution in [-0.4, -0.2) is 39.0 Å². The Bertz CT molecular complexity index is 803. The van der Waals surface area contributed by atoms with Gasteiger partial charge >= 0.3 is 0 Å². The number of nitrogens with zero attached hydrogens (tertiary/aromatic N) is 3. The summed E-state index contributed by atoms with van der Waals surface area (Å²) >= 11 is 0. The summed E-state index contributed by atoms with van der Waals surface area (Å²) in [5.41, 5.74) is 1.63. The summed E-state index contributed by atoms with van der Waals surface area (Å²) in [4.78, 5) is 21.9. The summed E-state index contributed by atoms with van der Waals surface area (Å²) < 4.78 is 5.27. The van der Waals surface area contributed by atoms with E-state index in [0.717, 1.165) is 24.2 Å². The third kappa shape index (κ3) is 2.82.